The first-order valence-corrected chi connectivity index (χ1v) is 8.94. The van der Waals surface area contributed by atoms with Crippen LogP contribution in [-0.2, 0) is 14.3 Å². The van der Waals surface area contributed by atoms with Crippen LogP contribution < -0.4 is 10.1 Å². The predicted molar refractivity (Wildman–Crippen MR) is 106 cm³/mol. The second kappa shape index (κ2) is 9.05. The number of nitrogens with zero attached hydrogens (tertiary/aromatic N) is 2. The first-order chi connectivity index (χ1) is 13.6. The molecule has 3 aromatic rings. The lowest BCUT2D eigenvalue weighted by Crippen LogP contribution is -2.20. The number of hydrogen-bond acceptors (Lipinski definition) is 5. The molecule has 0 radical (unpaired) electrons. The Balaban J connectivity index is 1.52. The van der Waals surface area contributed by atoms with Crippen LogP contribution in [0.5, 0.6) is 5.75 Å². The summed E-state index contributed by atoms with van der Waals surface area (Å²) in [5, 5.41) is 2.91. The number of esters is 1. The van der Waals surface area contributed by atoms with Crippen molar-refractivity contribution >= 4 is 40.9 Å². The van der Waals surface area contributed by atoms with Gasteiger partial charge in [-0.2, -0.15) is 0 Å². The van der Waals surface area contributed by atoms with Crippen LogP contribution in [0.3, 0.4) is 0 Å². The van der Waals surface area contributed by atoms with Crippen LogP contribution >= 0.6 is 11.6 Å². The molecule has 0 bridgehead atoms. The number of rotatable bonds is 7. The van der Waals surface area contributed by atoms with E-state index in [2.05, 4.69) is 10.3 Å². The lowest BCUT2D eigenvalue weighted by molar-refractivity contribution is -0.142. The minimum Gasteiger partial charge on any atom is -0.494 e. The van der Waals surface area contributed by atoms with Crippen molar-refractivity contribution in [2.24, 2.45) is 0 Å². The van der Waals surface area contributed by atoms with E-state index in [0.29, 0.717) is 29.4 Å². The molecule has 144 valence electrons. The third-order valence-electron chi connectivity index (χ3n) is 3.69. The number of carbonyl (C=O) groups is 2. The Morgan fingerprint density at radius 2 is 2.00 bits per heavy atom. The maximum Gasteiger partial charge on any atom is 0.331 e. The molecule has 0 unspecified atom stereocenters. The molecule has 0 spiro atoms. The zero-order chi connectivity index (χ0) is 19.9. The highest BCUT2D eigenvalue weighted by molar-refractivity contribution is 6.31. The highest BCUT2D eigenvalue weighted by Gasteiger charge is 2.09. The van der Waals surface area contributed by atoms with E-state index >= 15 is 0 Å². The number of carbonyl (C=O) groups excluding carboxylic acids is 2. The normalized spacial score (nSPS) is 10.9. The first-order valence-electron chi connectivity index (χ1n) is 8.57. The van der Waals surface area contributed by atoms with Crippen molar-refractivity contribution in [3.05, 3.63) is 65.6 Å². The van der Waals surface area contributed by atoms with E-state index in [-0.39, 0.29) is 5.15 Å². The van der Waals surface area contributed by atoms with E-state index in [0.717, 1.165) is 0 Å². The standard InChI is InChI=1S/C20H18ClN3O4/c1-2-27-15-8-6-14(7-9-15)22-18(25)13-28-19(26)11-10-16-20(21)23-17-5-3-4-12-24(16)17/h3-12H,2,13H2,1H3,(H,22,25)/b11-10+. The Morgan fingerprint density at radius 3 is 2.75 bits per heavy atom. The van der Waals surface area contributed by atoms with Gasteiger partial charge in [0.25, 0.3) is 5.91 Å². The molecule has 7 nitrogen and oxygen atoms in total. The molecule has 0 saturated heterocycles. The average molecular weight is 400 g/mol. The molecule has 3 rings (SSSR count). The van der Waals surface area contributed by atoms with Crippen molar-refractivity contribution in [2.75, 3.05) is 18.5 Å². The molecule has 0 fully saturated rings. The van der Waals surface area contributed by atoms with Gasteiger partial charge >= 0.3 is 5.97 Å². The van der Waals surface area contributed by atoms with Crippen LogP contribution in [0, 0.1) is 0 Å². The zero-order valence-electron chi connectivity index (χ0n) is 15.1. The number of fused-ring (bicyclic) bond motifs is 1. The van der Waals surface area contributed by atoms with Gasteiger partial charge in [0.1, 0.15) is 11.4 Å². The van der Waals surface area contributed by atoms with Gasteiger partial charge in [0.15, 0.2) is 11.8 Å². The van der Waals surface area contributed by atoms with Crippen LogP contribution in [0.1, 0.15) is 12.6 Å². The monoisotopic (exact) mass is 399 g/mol. The van der Waals surface area contributed by atoms with Crippen molar-refractivity contribution in [1.82, 2.24) is 9.38 Å². The molecule has 0 aliphatic carbocycles. The summed E-state index contributed by atoms with van der Waals surface area (Å²) in [5.41, 5.74) is 1.79. The van der Waals surface area contributed by atoms with Gasteiger partial charge in [0.2, 0.25) is 0 Å². The molecule has 0 aliphatic rings. The van der Waals surface area contributed by atoms with Crippen molar-refractivity contribution in [1.29, 1.82) is 0 Å². The summed E-state index contributed by atoms with van der Waals surface area (Å²) in [6.45, 7) is 2.05. The number of aromatic nitrogens is 2. The maximum absolute atomic E-state index is 11.9. The minimum atomic E-state index is -0.663. The van der Waals surface area contributed by atoms with Gasteiger partial charge in [-0.15, -0.1) is 0 Å². The number of nitrogens with one attached hydrogen (secondary N) is 1. The molecular weight excluding hydrogens is 382 g/mol. The SMILES string of the molecule is CCOc1ccc(NC(=O)COC(=O)/C=C/c2c(Cl)nc3ccccn23)cc1. The van der Waals surface area contributed by atoms with E-state index in [1.54, 1.807) is 40.9 Å². The van der Waals surface area contributed by atoms with Gasteiger partial charge in [-0.1, -0.05) is 17.7 Å². The molecule has 28 heavy (non-hydrogen) atoms. The molecule has 2 aromatic heterocycles. The molecule has 0 saturated carbocycles. The topological polar surface area (TPSA) is 81.9 Å². The molecule has 1 amide bonds. The fourth-order valence-corrected chi connectivity index (χ4v) is 2.71. The number of halogens is 1. The van der Waals surface area contributed by atoms with E-state index in [4.69, 9.17) is 21.1 Å². The van der Waals surface area contributed by atoms with E-state index in [1.807, 2.05) is 19.1 Å². The summed E-state index contributed by atoms with van der Waals surface area (Å²) in [6.07, 6.45) is 4.48. The highest BCUT2D eigenvalue weighted by Crippen LogP contribution is 2.19. The highest BCUT2D eigenvalue weighted by atomic mass is 35.5. The van der Waals surface area contributed by atoms with Crippen LogP contribution in [0.25, 0.3) is 11.7 Å². The van der Waals surface area contributed by atoms with Gasteiger partial charge in [-0.3, -0.25) is 9.20 Å². The van der Waals surface area contributed by atoms with Crippen molar-refractivity contribution in [2.45, 2.75) is 6.92 Å². The fraction of sp³-hybridized carbons (Fsp3) is 0.150. The summed E-state index contributed by atoms with van der Waals surface area (Å²) >= 11 is 6.09. The van der Waals surface area contributed by atoms with E-state index < -0.39 is 18.5 Å². The molecule has 0 aliphatic heterocycles. The van der Waals surface area contributed by atoms with Crippen LogP contribution in [-0.4, -0.2) is 34.5 Å². The summed E-state index contributed by atoms with van der Waals surface area (Å²) in [5.74, 6) is -0.398. The van der Waals surface area contributed by atoms with Gasteiger partial charge in [0, 0.05) is 18.0 Å². The quantitative estimate of drug-likeness (QED) is 0.485. The first kappa shape index (κ1) is 19.4. The summed E-state index contributed by atoms with van der Waals surface area (Å²) in [4.78, 5) is 28.0. The third kappa shape index (κ3) is 4.89. The second-order valence-corrected chi connectivity index (χ2v) is 6.02. The average Bonchev–Trinajstić information content (AvgIpc) is 3.01. The largest absolute Gasteiger partial charge is 0.494 e. The smallest absolute Gasteiger partial charge is 0.331 e. The number of imidazole rings is 1. The number of anilines is 1. The lowest BCUT2D eigenvalue weighted by Gasteiger charge is -2.07. The third-order valence-corrected chi connectivity index (χ3v) is 3.97. The Labute approximate surface area is 166 Å². The van der Waals surface area contributed by atoms with Crippen LogP contribution in [0.4, 0.5) is 5.69 Å². The Hall–Kier alpha value is -3.32. The van der Waals surface area contributed by atoms with E-state index in [1.165, 1.54) is 12.2 Å². The molecule has 2 heterocycles. The molecule has 1 N–H and O–H groups in total. The lowest BCUT2D eigenvalue weighted by atomic mass is 10.3. The summed E-state index contributed by atoms with van der Waals surface area (Å²) in [6, 6.07) is 12.4. The van der Waals surface area contributed by atoms with Gasteiger partial charge < -0.3 is 14.8 Å². The Kier molecular flexibility index (Phi) is 6.29. The van der Waals surface area contributed by atoms with Gasteiger partial charge in [0.05, 0.1) is 12.3 Å². The van der Waals surface area contributed by atoms with Crippen molar-refractivity contribution in [3.8, 4) is 5.75 Å². The molecule has 0 atom stereocenters. The Morgan fingerprint density at radius 1 is 1.21 bits per heavy atom. The van der Waals surface area contributed by atoms with E-state index in [9.17, 15) is 9.59 Å². The van der Waals surface area contributed by atoms with Crippen LogP contribution in [0.15, 0.2) is 54.7 Å². The van der Waals surface area contributed by atoms with Crippen molar-refractivity contribution < 1.29 is 19.1 Å². The summed E-state index contributed by atoms with van der Waals surface area (Å²) < 4.78 is 12.0. The predicted octanol–water partition coefficient (Wildman–Crippen LogP) is 3.58. The van der Waals surface area contributed by atoms with Gasteiger partial charge in [-0.25, -0.2) is 9.78 Å². The fourth-order valence-electron chi connectivity index (χ4n) is 2.47. The van der Waals surface area contributed by atoms with Gasteiger partial charge in [-0.05, 0) is 49.4 Å². The number of ether oxygens (including phenoxy) is 2. The second-order valence-electron chi connectivity index (χ2n) is 5.66. The number of pyridine rings is 1. The minimum absolute atomic E-state index is 0.267. The molecular formula is C20H18ClN3O4. The Bertz CT molecular complexity index is 1010. The number of hydrogen-bond donors (Lipinski definition) is 1. The molecule has 8 heteroatoms. The maximum atomic E-state index is 11.9. The number of amides is 1. The summed E-state index contributed by atoms with van der Waals surface area (Å²) in [7, 11) is 0. The number of benzene rings is 1. The van der Waals surface area contributed by atoms with Crippen LogP contribution in [0.2, 0.25) is 5.15 Å². The zero-order valence-corrected chi connectivity index (χ0v) is 15.8. The van der Waals surface area contributed by atoms with Crippen molar-refractivity contribution in [3.63, 3.8) is 0 Å². The molecule has 1 aromatic carbocycles.